The molecule has 1 atom stereocenters. The number of rotatable bonds is 6. The van der Waals surface area contributed by atoms with Crippen LogP contribution < -0.4 is 10.1 Å². The molecule has 0 spiro atoms. The van der Waals surface area contributed by atoms with Gasteiger partial charge in [-0.2, -0.15) is 0 Å². The zero-order valence-electron chi connectivity index (χ0n) is 12.6. The Hall–Kier alpha value is -1.98. The largest absolute Gasteiger partial charge is 0.494 e. The van der Waals surface area contributed by atoms with Crippen molar-refractivity contribution in [3.8, 4) is 5.75 Å². The van der Waals surface area contributed by atoms with Crippen LogP contribution in [-0.4, -0.2) is 18.8 Å². The molecule has 0 heterocycles. The summed E-state index contributed by atoms with van der Waals surface area (Å²) in [6.07, 6.45) is 0. The maximum atomic E-state index is 13.6. The monoisotopic (exact) mass is 307 g/mol. The zero-order chi connectivity index (χ0) is 16.2. The second kappa shape index (κ2) is 6.85. The molecule has 1 unspecified atom stereocenters. The third-order valence-electron chi connectivity index (χ3n) is 3.48. The van der Waals surface area contributed by atoms with Crippen LogP contribution in [0.25, 0.3) is 0 Å². The van der Waals surface area contributed by atoms with Gasteiger partial charge in [0.05, 0.1) is 12.7 Å². The van der Waals surface area contributed by atoms with Crippen LogP contribution in [0.4, 0.5) is 8.78 Å². The number of benzene rings is 2. The molecule has 0 radical (unpaired) electrons. The van der Waals surface area contributed by atoms with Crippen molar-refractivity contribution in [3.05, 3.63) is 65.2 Å². The molecule has 2 aromatic rings. The van der Waals surface area contributed by atoms with E-state index in [1.807, 2.05) is 0 Å². The minimum atomic E-state index is -1.14. The Balaban J connectivity index is 1.95. The summed E-state index contributed by atoms with van der Waals surface area (Å²) in [5, 5.41) is 13.5. The fourth-order valence-corrected chi connectivity index (χ4v) is 2.18. The molecular weight excluding hydrogens is 288 g/mol. The van der Waals surface area contributed by atoms with Gasteiger partial charge in [0.2, 0.25) is 0 Å². The summed E-state index contributed by atoms with van der Waals surface area (Å²) in [5.74, 6) is -0.574. The highest BCUT2D eigenvalue weighted by atomic mass is 19.1. The van der Waals surface area contributed by atoms with Crippen molar-refractivity contribution in [2.45, 2.75) is 19.1 Å². The van der Waals surface area contributed by atoms with Gasteiger partial charge in [-0.25, -0.2) is 8.78 Å². The van der Waals surface area contributed by atoms with Gasteiger partial charge in [0.25, 0.3) is 0 Å². The molecule has 0 fully saturated rings. The number of halogens is 2. The molecule has 118 valence electrons. The van der Waals surface area contributed by atoms with Crippen LogP contribution in [0.2, 0.25) is 0 Å². The third kappa shape index (κ3) is 4.02. The average molecular weight is 307 g/mol. The van der Waals surface area contributed by atoms with E-state index in [9.17, 15) is 13.9 Å². The van der Waals surface area contributed by atoms with Gasteiger partial charge in [-0.15, -0.1) is 0 Å². The van der Waals surface area contributed by atoms with Crippen LogP contribution in [0, 0.1) is 11.6 Å². The van der Waals surface area contributed by atoms with Gasteiger partial charge in [0.15, 0.2) is 11.6 Å². The van der Waals surface area contributed by atoms with Crippen LogP contribution in [0.5, 0.6) is 5.75 Å². The van der Waals surface area contributed by atoms with E-state index < -0.39 is 11.4 Å². The Morgan fingerprint density at radius 2 is 1.82 bits per heavy atom. The fourth-order valence-electron chi connectivity index (χ4n) is 2.18. The molecule has 0 saturated carbocycles. The minimum absolute atomic E-state index is 0.196. The maximum absolute atomic E-state index is 13.6. The molecule has 5 heteroatoms. The highest BCUT2D eigenvalue weighted by Gasteiger charge is 2.22. The molecule has 2 rings (SSSR count). The Kier molecular flexibility index (Phi) is 5.11. The SMILES string of the molecule is COc1ccc(CNCC(C)(O)c2ccc(F)cc2)cc1F. The molecule has 0 aliphatic carbocycles. The van der Waals surface area contributed by atoms with E-state index in [-0.39, 0.29) is 18.1 Å². The van der Waals surface area contributed by atoms with Crippen LogP contribution in [0.3, 0.4) is 0 Å². The van der Waals surface area contributed by atoms with E-state index in [0.717, 1.165) is 5.56 Å². The molecule has 0 amide bonds. The summed E-state index contributed by atoms with van der Waals surface area (Å²) < 4.78 is 31.3. The molecule has 0 aliphatic heterocycles. The van der Waals surface area contributed by atoms with Crippen LogP contribution in [0.15, 0.2) is 42.5 Å². The van der Waals surface area contributed by atoms with Gasteiger partial charge in [-0.1, -0.05) is 18.2 Å². The number of hydrogen-bond donors (Lipinski definition) is 2. The normalized spacial score (nSPS) is 13.7. The number of ether oxygens (including phenoxy) is 1. The van der Waals surface area contributed by atoms with E-state index in [2.05, 4.69) is 5.32 Å². The van der Waals surface area contributed by atoms with Gasteiger partial charge in [0, 0.05) is 13.1 Å². The van der Waals surface area contributed by atoms with Crippen molar-refractivity contribution in [2.75, 3.05) is 13.7 Å². The predicted molar refractivity (Wildman–Crippen MR) is 80.6 cm³/mol. The van der Waals surface area contributed by atoms with E-state index in [0.29, 0.717) is 12.1 Å². The first-order valence-electron chi connectivity index (χ1n) is 6.94. The van der Waals surface area contributed by atoms with Crippen molar-refractivity contribution >= 4 is 0 Å². The molecule has 2 N–H and O–H groups in total. The van der Waals surface area contributed by atoms with Gasteiger partial charge in [-0.3, -0.25) is 0 Å². The van der Waals surface area contributed by atoms with Crippen LogP contribution in [-0.2, 0) is 12.1 Å². The summed E-state index contributed by atoms with van der Waals surface area (Å²) in [7, 11) is 1.41. The number of aliphatic hydroxyl groups is 1. The fraction of sp³-hybridized carbons (Fsp3) is 0.294. The van der Waals surface area contributed by atoms with Crippen molar-refractivity contribution in [2.24, 2.45) is 0 Å². The van der Waals surface area contributed by atoms with E-state index in [1.165, 1.54) is 25.3 Å². The summed E-state index contributed by atoms with van der Waals surface area (Å²) in [6, 6.07) is 10.4. The zero-order valence-corrected chi connectivity index (χ0v) is 12.6. The van der Waals surface area contributed by atoms with E-state index >= 15 is 0 Å². The number of methoxy groups -OCH3 is 1. The highest BCUT2D eigenvalue weighted by molar-refractivity contribution is 5.29. The van der Waals surface area contributed by atoms with Crippen molar-refractivity contribution < 1.29 is 18.6 Å². The third-order valence-corrected chi connectivity index (χ3v) is 3.48. The number of nitrogens with one attached hydrogen (secondary N) is 1. The molecule has 0 bridgehead atoms. The lowest BCUT2D eigenvalue weighted by atomic mass is 9.96. The summed E-state index contributed by atoms with van der Waals surface area (Å²) in [6.45, 7) is 2.30. The second-order valence-electron chi connectivity index (χ2n) is 5.35. The summed E-state index contributed by atoms with van der Waals surface area (Å²) in [5.41, 5.74) is 0.217. The van der Waals surface area contributed by atoms with Gasteiger partial charge < -0.3 is 15.2 Å². The molecule has 22 heavy (non-hydrogen) atoms. The highest BCUT2D eigenvalue weighted by Crippen LogP contribution is 2.21. The minimum Gasteiger partial charge on any atom is -0.494 e. The molecule has 0 aromatic heterocycles. The quantitative estimate of drug-likeness (QED) is 0.862. The standard InChI is InChI=1S/C17H19F2NO2/c1-17(21,13-4-6-14(18)7-5-13)11-20-10-12-3-8-16(22-2)15(19)9-12/h3-9,20-21H,10-11H2,1-2H3. The van der Waals surface area contributed by atoms with Crippen molar-refractivity contribution in [1.82, 2.24) is 5.32 Å². The molecule has 3 nitrogen and oxygen atoms in total. The van der Waals surface area contributed by atoms with Crippen LogP contribution in [0.1, 0.15) is 18.1 Å². The molecular formula is C17H19F2NO2. The van der Waals surface area contributed by atoms with Crippen LogP contribution >= 0.6 is 0 Å². The Morgan fingerprint density at radius 1 is 1.14 bits per heavy atom. The van der Waals surface area contributed by atoms with E-state index in [1.54, 1.807) is 31.2 Å². The van der Waals surface area contributed by atoms with Crippen molar-refractivity contribution in [3.63, 3.8) is 0 Å². The number of hydrogen-bond acceptors (Lipinski definition) is 3. The van der Waals surface area contributed by atoms with Crippen molar-refractivity contribution in [1.29, 1.82) is 0 Å². The lowest BCUT2D eigenvalue weighted by molar-refractivity contribution is 0.0566. The first-order chi connectivity index (χ1) is 10.4. The molecule has 0 aliphatic rings. The second-order valence-corrected chi connectivity index (χ2v) is 5.35. The lowest BCUT2D eigenvalue weighted by Crippen LogP contribution is -2.35. The summed E-state index contributed by atoms with van der Waals surface area (Å²) >= 11 is 0. The average Bonchev–Trinajstić information content (AvgIpc) is 2.48. The lowest BCUT2D eigenvalue weighted by Gasteiger charge is -2.24. The Morgan fingerprint density at radius 3 is 2.41 bits per heavy atom. The molecule has 0 saturated heterocycles. The Bertz CT molecular complexity index is 627. The predicted octanol–water partition coefficient (Wildman–Crippen LogP) is 2.97. The first-order valence-corrected chi connectivity index (χ1v) is 6.94. The van der Waals surface area contributed by atoms with Gasteiger partial charge >= 0.3 is 0 Å². The van der Waals surface area contributed by atoms with Gasteiger partial charge in [0.1, 0.15) is 5.82 Å². The Labute approximate surface area is 128 Å². The van der Waals surface area contributed by atoms with Gasteiger partial charge in [-0.05, 0) is 42.3 Å². The smallest absolute Gasteiger partial charge is 0.165 e. The molecule has 2 aromatic carbocycles. The topological polar surface area (TPSA) is 41.5 Å². The first kappa shape index (κ1) is 16.4. The van der Waals surface area contributed by atoms with E-state index in [4.69, 9.17) is 4.74 Å². The summed E-state index contributed by atoms with van der Waals surface area (Å²) in [4.78, 5) is 0. The maximum Gasteiger partial charge on any atom is 0.165 e.